The maximum Gasteiger partial charge on any atom is 0.191 e. The number of nitrogens with zero attached hydrogens (tertiary/aromatic N) is 2. The van der Waals surface area contributed by atoms with E-state index >= 15 is 0 Å². The number of hydrogen-bond donors (Lipinski definition) is 2. The van der Waals surface area contributed by atoms with Gasteiger partial charge in [0.25, 0.3) is 0 Å². The van der Waals surface area contributed by atoms with Gasteiger partial charge in [0.2, 0.25) is 0 Å². The van der Waals surface area contributed by atoms with Crippen LogP contribution in [0.2, 0.25) is 0 Å². The molecule has 1 aliphatic carbocycles. The molecule has 0 amide bonds. The van der Waals surface area contributed by atoms with E-state index in [2.05, 4.69) is 34.5 Å². The molecule has 1 saturated carbocycles. The number of hydrogen-bond acceptors (Lipinski definition) is 4. The maximum absolute atomic E-state index is 6.02. The van der Waals surface area contributed by atoms with E-state index in [0.717, 1.165) is 58.3 Å². The highest BCUT2D eigenvalue weighted by Crippen LogP contribution is 2.19. The van der Waals surface area contributed by atoms with Crippen molar-refractivity contribution in [1.82, 2.24) is 15.5 Å². The fourth-order valence-electron chi connectivity index (χ4n) is 3.04. The molecule has 0 spiro atoms. The summed E-state index contributed by atoms with van der Waals surface area (Å²) in [5, 5.41) is 6.68. The quantitative estimate of drug-likeness (QED) is 0.243. The molecule has 148 valence electrons. The van der Waals surface area contributed by atoms with E-state index in [-0.39, 0.29) is 0 Å². The molecule has 1 rings (SSSR count). The largest absolute Gasteiger partial charge is 0.383 e. The van der Waals surface area contributed by atoms with Crippen LogP contribution in [0.3, 0.4) is 0 Å². The lowest BCUT2D eigenvalue weighted by Gasteiger charge is -2.17. The van der Waals surface area contributed by atoms with Crippen LogP contribution in [0.5, 0.6) is 0 Å². The molecule has 0 aromatic rings. The van der Waals surface area contributed by atoms with Crippen molar-refractivity contribution in [3.8, 4) is 0 Å². The summed E-state index contributed by atoms with van der Waals surface area (Å²) in [4.78, 5) is 6.92. The highest BCUT2D eigenvalue weighted by atomic mass is 16.5. The smallest absolute Gasteiger partial charge is 0.191 e. The molecular weight excluding hydrogens is 316 g/mol. The van der Waals surface area contributed by atoms with Gasteiger partial charge in [-0.05, 0) is 39.8 Å². The monoisotopic (exact) mass is 356 g/mol. The predicted octanol–water partition coefficient (Wildman–Crippen LogP) is 2.25. The molecule has 6 nitrogen and oxygen atoms in total. The third kappa shape index (κ3) is 12.2. The molecule has 0 radical (unpaired) electrons. The Balaban J connectivity index is 2.14. The van der Waals surface area contributed by atoms with Gasteiger partial charge in [-0.15, -0.1) is 0 Å². The van der Waals surface area contributed by atoms with Crippen molar-refractivity contribution in [2.24, 2.45) is 4.99 Å². The normalized spacial score (nSPS) is 16.9. The second kappa shape index (κ2) is 15.4. The highest BCUT2D eigenvalue weighted by Gasteiger charge is 2.12. The molecule has 0 aromatic carbocycles. The van der Waals surface area contributed by atoms with Crippen molar-refractivity contribution in [2.45, 2.75) is 58.0 Å². The van der Waals surface area contributed by atoms with Crippen LogP contribution >= 0.6 is 0 Å². The van der Waals surface area contributed by atoms with Crippen LogP contribution in [0.25, 0.3) is 0 Å². The number of guanidine groups is 1. The first-order valence-corrected chi connectivity index (χ1v) is 10.1. The Labute approximate surface area is 154 Å². The van der Waals surface area contributed by atoms with Gasteiger partial charge in [-0.1, -0.05) is 25.7 Å². The number of rotatable bonds is 12. The van der Waals surface area contributed by atoms with E-state index < -0.39 is 0 Å². The Morgan fingerprint density at radius 3 is 2.52 bits per heavy atom. The van der Waals surface area contributed by atoms with Crippen LogP contribution in [0, 0.1) is 0 Å². The lowest BCUT2D eigenvalue weighted by Crippen LogP contribution is -2.39. The van der Waals surface area contributed by atoms with Crippen molar-refractivity contribution in [3.63, 3.8) is 0 Å². The van der Waals surface area contributed by atoms with Gasteiger partial charge in [0.15, 0.2) is 5.96 Å². The standard InChI is InChI=1S/C19H40N4O2/c1-4-20-19(21-12-9-14-23(2)15-17-24-3)22-13-16-25-18-10-7-5-6-8-11-18/h18H,4-17H2,1-3H3,(H2,20,21,22). The summed E-state index contributed by atoms with van der Waals surface area (Å²) in [5.41, 5.74) is 0. The fraction of sp³-hybridized carbons (Fsp3) is 0.947. The average molecular weight is 357 g/mol. The van der Waals surface area contributed by atoms with Gasteiger partial charge in [-0.3, -0.25) is 4.99 Å². The molecule has 0 saturated heterocycles. The maximum atomic E-state index is 6.02. The van der Waals surface area contributed by atoms with Crippen LogP contribution in [0.4, 0.5) is 0 Å². The molecule has 1 aliphatic rings. The van der Waals surface area contributed by atoms with E-state index in [0.29, 0.717) is 6.10 Å². The van der Waals surface area contributed by atoms with Gasteiger partial charge in [0.05, 0.1) is 19.3 Å². The van der Waals surface area contributed by atoms with Crippen LogP contribution in [-0.2, 0) is 9.47 Å². The van der Waals surface area contributed by atoms with Crippen molar-refractivity contribution in [2.75, 3.05) is 60.1 Å². The van der Waals surface area contributed by atoms with Gasteiger partial charge < -0.3 is 25.0 Å². The van der Waals surface area contributed by atoms with Crippen molar-refractivity contribution < 1.29 is 9.47 Å². The molecule has 1 fully saturated rings. The average Bonchev–Trinajstić information content (AvgIpc) is 2.89. The first-order chi connectivity index (χ1) is 12.3. The molecule has 0 bridgehead atoms. The zero-order chi connectivity index (χ0) is 18.2. The van der Waals surface area contributed by atoms with Crippen LogP contribution in [0.15, 0.2) is 4.99 Å². The second-order valence-corrected chi connectivity index (χ2v) is 6.82. The number of likely N-dealkylation sites (N-methyl/N-ethyl adjacent to an activating group) is 1. The minimum atomic E-state index is 0.464. The Morgan fingerprint density at radius 2 is 1.84 bits per heavy atom. The van der Waals surface area contributed by atoms with Crippen LogP contribution < -0.4 is 10.6 Å². The first kappa shape index (κ1) is 22.2. The number of ether oxygens (including phenoxy) is 2. The summed E-state index contributed by atoms with van der Waals surface area (Å²) < 4.78 is 11.1. The molecule has 0 aliphatic heterocycles. The summed E-state index contributed by atoms with van der Waals surface area (Å²) in [7, 11) is 3.86. The van der Waals surface area contributed by atoms with E-state index in [4.69, 9.17) is 9.47 Å². The van der Waals surface area contributed by atoms with Gasteiger partial charge in [0.1, 0.15) is 0 Å². The summed E-state index contributed by atoms with van der Waals surface area (Å²) in [6.07, 6.45) is 9.35. The molecule has 2 N–H and O–H groups in total. The number of methoxy groups -OCH3 is 1. The summed E-state index contributed by atoms with van der Waals surface area (Å²) >= 11 is 0. The van der Waals surface area contributed by atoms with E-state index in [1.807, 2.05) is 0 Å². The van der Waals surface area contributed by atoms with Crippen molar-refractivity contribution in [3.05, 3.63) is 0 Å². The zero-order valence-electron chi connectivity index (χ0n) is 16.7. The summed E-state index contributed by atoms with van der Waals surface area (Å²) in [6.45, 7) is 8.17. The van der Waals surface area contributed by atoms with Crippen molar-refractivity contribution >= 4 is 5.96 Å². The Morgan fingerprint density at radius 1 is 1.08 bits per heavy atom. The van der Waals surface area contributed by atoms with E-state index in [1.165, 1.54) is 38.5 Å². The van der Waals surface area contributed by atoms with Gasteiger partial charge in [0, 0.05) is 33.3 Å². The molecule has 25 heavy (non-hydrogen) atoms. The van der Waals surface area contributed by atoms with Crippen LogP contribution in [0.1, 0.15) is 51.9 Å². The van der Waals surface area contributed by atoms with E-state index in [1.54, 1.807) is 7.11 Å². The highest BCUT2D eigenvalue weighted by molar-refractivity contribution is 5.79. The molecule has 6 heteroatoms. The number of aliphatic imine (C=N–C) groups is 1. The number of nitrogens with one attached hydrogen (secondary N) is 2. The Hall–Kier alpha value is -0.850. The predicted molar refractivity (Wildman–Crippen MR) is 105 cm³/mol. The third-order valence-corrected chi connectivity index (χ3v) is 4.54. The Kier molecular flexibility index (Phi) is 13.7. The SMILES string of the molecule is CCNC(=NCCCN(C)CCOC)NCCOC1CCCCCC1. The lowest BCUT2D eigenvalue weighted by atomic mass is 10.1. The third-order valence-electron chi connectivity index (χ3n) is 4.54. The Bertz CT molecular complexity index is 331. The summed E-state index contributed by atoms with van der Waals surface area (Å²) in [5.74, 6) is 0.895. The molecule has 0 heterocycles. The molecular formula is C19H40N4O2. The first-order valence-electron chi connectivity index (χ1n) is 10.1. The molecule has 0 unspecified atom stereocenters. The van der Waals surface area contributed by atoms with Gasteiger partial charge in [-0.25, -0.2) is 0 Å². The fourth-order valence-corrected chi connectivity index (χ4v) is 3.04. The lowest BCUT2D eigenvalue weighted by molar-refractivity contribution is 0.0468. The minimum absolute atomic E-state index is 0.464. The van der Waals surface area contributed by atoms with Crippen molar-refractivity contribution in [1.29, 1.82) is 0 Å². The second-order valence-electron chi connectivity index (χ2n) is 6.82. The zero-order valence-corrected chi connectivity index (χ0v) is 16.7. The van der Waals surface area contributed by atoms with Gasteiger partial charge >= 0.3 is 0 Å². The molecule has 0 atom stereocenters. The topological polar surface area (TPSA) is 58.1 Å². The van der Waals surface area contributed by atoms with E-state index in [9.17, 15) is 0 Å². The summed E-state index contributed by atoms with van der Waals surface area (Å²) in [6, 6.07) is 0. The molecule has 0 aromatic heterocycles. The minimum Gasteiger partial charge on any atom is -0.383 e. The van der Waals surface area contributed by atoms with Crippen LogP contribution in [-0.4, -0.2) is 77.1 Å². The van der Waals surface area contributed by atoms with Gasteiger partial charge in [-0.2, -0.15) is 0 Å².